The number of hydrogen-bond donors (Lipinski definition) is 0. The molecule has 0 aromatic heterocycles. The average Bonchev–Trinajstić information content (AvgIpc) is 2.54. The van der Waals surface area contributed by atoms with Crippen molar-refractivity contribution in [2.45, 2.75) is 26.2 Å². The number of carbonyl (C=O) groups excluding carboxylic acids is 1. The third-order valence-electron chi connectivity index (χ3n) is 3.92. The van der Waals surface area contributed by atoms with Gasteiger partial charge in [-0.05, 0) is 30.5 Å². The lowest BCUT2D eigenvalue weighted by atomic mass is 10.0. The van der Waals surface area contributed by atoms with E-state index in [0.29, 0.717) is 6.42 Å². The summed E-state index contributed by atoms with van der Waals surface area (Å²) in [6, 6.07) is 3.93. The van der Waals surface area contributed by atoms with E-state index in [1.165, 1.54) is 5.56 Å². The van der Waals surface area contributed by atoms with E-state index < -0.39 is 0 Å². The van der Waals surface area contributed by atoms with Crippen LogP contribution in [-0.4, -0.2) is 38.0 Å². The minimum absolute atomic E-state index is 0.283. The molecular weight excluding hydrogens is 346 g/mol. The minimum Gasteiger partial charge on any atom is -0.493 e. The highest BCUT2D eigenvalue weighted by atomic mass is 79.9. The Morgan fingerprint density at radius 1 is 1.23 bits per heavy atom. The van der Waals surface area contributed by atoms with Gasteiger partial charge in [0.25, 0.3) is 0 Å². The number of ketones is 1. The Labute approximate surface area is 140 Å². The van der Waals surface area contributed by atoms with Crippen molar-refractivity contribution in [1.82, 2.24) is 4.90 Å². The van der Waals surface area contributed by atoms with Crippen molar-refractivity contribution >= 4 is 21.7 Å². The molecule has 1 aliphatic rings. The zero-order valence-electron chi connectivity index (χ0n) is 13.3. The van der Waals surface area contributed by atoms with Gasteiger partial charge in [-0.25, -0.2) is 0 Å². The quantitative estimate of drug-likeness (QED) is 0.770. The maximum absolute atomic E-state index is 11.7. The number of methoxy groups -OCH3 is 2. The molecule has 5 heteroatoms. The monoisotopic (exact) mass is 367 g/mol. The number of allylic oxidation sites excluding steroid dienone is 1. The zero-order chi connectivity index (χ0) is 16.1. The summed E-state index contributed by atoms with van der Waals surface area (Å²) in [7, 11) is 3.27. The van der Waals surface area contributed by atoms with Crippen LogP contribution in [-0.2, 0) is 11.2 Å². The van der Waals surface area contributed by atoms with Crippen molar-refractivity contribution in [3.8, 4) is 11.5 Å². The lowest BCUT2D eigenvalue weighted by molar-refractivity contribution is -0.116. The summed E-state index contributed by atoms with van der Waals surface area (Å²) < 4.78 is 11.7. The van der Waals surface area contributed by atoms with Gasteiger partial charge in [-0.3, -0.25) is 4.79 Å². The molecular formula is C17H22BrNO3. The van der Waals surface area contributed by atoms with Crippen LogP contribution in [0.1, 0.15) is 25.3 Å². The van der Waals surface area contributed by atoms with E-state index in [4.69, 9.17) is 9.47 Å². The molecule has 1 aromatic rings. The molecule has 2 rings (SSSR count). The van der Waals surface area contributed by atoms with Crippen LogP contribution in [0, 0.1) is 0 Å². The molecule has 0 N–H and O–H groups in total. The Morgan fingerprint density at radius 3 is 2.55 bits per heavy atom. The third kappa shape index (κ3) is 3.83. The summed E-state index contributed by atoms with van der Waals surface area (Å²) in [6.45, 7) is 3.70. The van der Waals surface area contributed by atoms with E-state index in [1.807, 2.05) is 25.3 Å². The molecule has 1 aliphatic heterocycles. The lowest BCUT2D eigenvalue weighted by Gasteiger charge is -2.26. The molecule has 0 radical (unpaired) electrons. The molecule has 0 atom stereocenters. The fourth-order valence-electron chi connectivity index (χ4n) is 2.58. The number of halogens is 1. The van der Waals surface area contributed by atoms with Crippen LogP contribution in [0.3, 0.4) is 0 Å². The van der Waals surface area contributed by atoms with Gasteiger partial charge in [0, 0.05) is 35.8 Å². The molecule has 0 aliphatic carbocycles. The van der Waals surface area contributed by atoms with E-state index in [0.717, 1.165) is 47.5 Å². The summed E-state index contributed by atoms with van der Waals surface area (Å²) in [4.78, 5) is 13.9. The molecule has 0 spiro atoms. The molecule has 0 saturated carbocycles. The molecule has 22 heavy (non-hydrogen) atoms. The first-order valence-corrected chi connectivity index (χ1v) is 8.26. The van der Waals surface area contributed by atoms with E-state index >= 15 is 0 Å². The SMILES string of the molecule is CCC1=CN(CCc2cc(OC)c(OC)cc2Br)CCC1=O. The zero-order valence-corrected chi connectivity index (χ0v) is 14.9. The number of rotatable bonds is 6. The smallest absolute Gasteiger partial charge is 0.162 e. The molecule has 4 nitrogen and oxygen atoms in total. The number of Topliss-reactive ketones (excluding diaryl/α,β-unsaturated/α-hetero) is 1. The number of ether oxygens (including phenoxy) is 2. The first-order valence-electron chi connectivity index (χ1n) is 7.47. The van der Waals surface area contributed by atoms with Gasteiger partial charge in [-0.1, -0.05) is 22.9 Å². The summed E-state index contributed by atoms with van der Waals surface area (Å²) in [6.07, 6.45) is 4.31. The topological polar surface area (TPSA) is 38.8 Å². The summed E-state index contributed by atoms with van der Waals surface area (Å²) in [5.74, 6) is 1.74. The van der Waals surface area contributed by atoms with Gasteiger partial charge in [-0.2, -0.15) is 0 Å². The first-order chi connectivity index (χ1) is 10.6. The number of benzene rings is 1. The fraction of sp³-hybridized carbons (Fsp3) is 0.471. The molecule has 0 unspecified atom stereocenters. The Bertz CT molecular complexity index is 584. The van der Waals surface area contributed by atoms with Crippen molar-refractivity contribution in [3.05, 3.63) is 33.9 Å². The highest BCUT2D eigenvalue weighted by Crippen LogP contribution is 2.33. The molecule has 0 saturated heterocycles. The van der Waals surface area contributed by atoms with Gasteiger partial charge in [-0.15, -0.1) is 0 Å². The molecule has 1 aromatic carbocycles. The summed E-state index contributed by atoms with van der Waals surface area (Å²) >= 11 is 3.59. The molecule has 120 valence electrons. The second-order valence-corrected chi connectivity index (χ2v) is 6.12. The van der Waals surface area contributed by atoms with Crippen LogP contribution in [0.4, 0.5) is 0 Å². The Morgan fingerprint density at radius 2 is 1.91 bits per heavy atom. The van der Waals surface area contributed by atoms with Crippen LogP contribution in [0.5, 0.6) is 11.5 Å². The number of hydrogen-bond acceptors (Lipinski definition) is 4. The Kier molecular flexibility index (Phi) is 5.89. The average molecular weight is 368 g/mol. The summed E-state index contributed by atoms with van der Waals surface area (Å²) in [5, 5.41) is 0. The Balaban J connectivity index is 2.09. The molecule has 0 amide bonds. The van der Waals surface area contributed by atoms with Crippen LogP contribution in [0.25, 0.3) is 0 Å². The van der Waals surface area contributed by atoms with Gasteiger partial charge >= 0.3 is 0 Å². The van der Waals surface area contributed by atoms with Crippen molar-refractivity contribution in [2.75, 3.05) is 27.3 Å². The lowest BCUT2D eigenvalue weighted by Crippen LogP contribution is -2.29. The van der Waals surface area contributed by atoms with E-state index in [9.17, 15) is 4.79 Å². The van der Waals surface area contributed by atoms with Crippen molar-refractivity contribution in [2.24, 2.45) is 0 Å². The maximum Gasteiger partial charge on any atom is 0.162 e. The van der Waals surface area contributed by atoms with Gasteiger partial charge < -0.3 is 14.4 Å². The van der Waals surface area contributed by atoms with Crippen molar-refractivity contribution in [3.63, 3.8) is 0 Å². The summed E-state index contributed by atoms with van der Waals surface area (Å²) in [5.41, 5.74) is 2.10. The first kappa shape index (κ1) is 16.9. The highest BCUT2D eigenvalue weighted by Gasteiger charge is 2.17. The van der Waals surface area contributed by atoms with Crippen molar-refractivity contribution in [1.29, 1.82) is 0 Å². The minimum atomic E-state index is 0.283. The van der Waals surface area contributed by atoms with Crippen LogP contribution in [0.2, 0.25) is 0 Å². The van der Waals surface area contributed by atoms with E-state index in [2.05, 4.69) is 20.8 Å². The predicted molar refractivity (Wildman–Crippen MR) is 90.5 cm³/mol. The van der Waals surface area contributed by atoms with Crippen LogP contribution in [0.15, 0.2) is 28.4 Å². The van der Waals surface area contributed by atoms with Gasteiger partial charge in [0.2, 0.25) is 0 Å². The molecule has 0 fully saturated rings. The predicted octanol–water partition coefficient (Wildman–Crippen LogP) is 3.58. The van der Waals surface area contributed by atoms with E-state index in [1.54, 1.807) is 14.2 Å². The second-order valence-electron chi connectivity index (χ2n) is 5.27. The maximum atomic E-state index is 11.7. The molecule has 0 bridgehead atoms. The van der Waals surface area contributed by atoms with Gasteiger partial charge in [0.15, 0.2) is 17.3 Å². The number of carbonyl (C=O) groups is 1. The fourth-order valence-corrected chi connectivity index (χ4v) is 3.10. The third-order valence-corrected chi connectivity index (χ3v) is 4.66. The number of nitrogens with zero attached hydrogens (tertiary/aromatic N) is 1. The normalized spacial score (nSPS) is 14.8. The van der Waals surface area contributed by atoms with E-state index in [-0.39, 0.29) is 5.78 Å². The molecule has 1 heterocycles. The van der Waals surface area contributed by atoms with Crippen molar-refractivity contribution < 1.29 is 14.3 Å². The highest BCUT2D eigenvalue weighted by molar-refractivity contribution is 9.10. The largest absolute Gasteiger partial charge is 0.493 e. The standard InChI is InChI=1S/C17H22BrNO3/c1-4-12-11-19(8-6-15(12)20)7-5-13-9-16(21-2)17(22-3)10-14(13)18/h9-11H,4-8H2,1-3H3. The Hall–Kier alpha value is -1.49. The van der Waals surface area contributed by atoms with Crippen LogP contribution >= 0.6 is 15.9 Å². The second kappa shape index (κ2) is 7.68. The van der Waals surface area contributed by atoms with Crippen LogP contribution < -0.4 is 9.47 Å². The van der Waals surface area contributed by atoms with Gasteiger partial charge in [0.05, 0.1) is 14.2 Å². The van der Waals surface area contributed by atoms with Gasteiger partial charge in [0.1, 0.15) is 0 Å².